The monoisotopic (exact) mass is 256 g/mol. The van der Waals surface area contributed by atoms with Gasteiger partial charge < -0.3 is 5.73 Å². The maximum atomic E-state index is 5.70. The van der Waals surface area contributed by atoms with Crippen molar-refractivity contribution in [3.8, 4) is 0 Å². The molecular formula is C15H16N2S. The number of fused-ring (bicyclic) bond motifs is 1. The molecule has 2 nitrogen and oxygen atoms in total. The van der Waals surface area contributed by atoms with Gasteiger partial charge in [-0.15, -0.1) is 11.8 Å². The summed E-state index contributed by atoms with van der Waals surface area (Å²) in [6, 6.07) is 14.6. The van der Waals surface area contributed by atoms with Crippen LogP contribution in [0.3, 0.4) is 0 Å². The van der Waals surface area contributed by atoms with Crippen LogP contribution < -0.4 is 5.73 Å². The van der Waals surface area contributed by atoms with Crippen molar-refractivity contribution in [2.75, 3.05) is 5.73 Å². The number of rotatable bonds is 3. The Hall–Kier alpha value is -1.48. The number of benzene rings is 1. The van der Waals surface area contributed by atoms with Gasteiger partial charge in [-0.1, -0.05) is 30.3 Å². The molecule has 0 fully saturated rings. The average molecular weight is 256 g/mol. The van der Waals surface area contributed by atoms with Gasteiger partial charge in [0.25, 0.3) is 0 Å². The smallest absolute Gasteiger partial charge is 0.123 e. The van der Waals surface area contributed by atoms with Crippen LogP contribution >= 0.6 is 11.8 Å². The molecule has 0 bridgehead atoms. The van der Waals surface area contributed by atoms with Gasteiger partial charge in [0.15, 0.2) is 0 Å². The first-order chi connectivity index (χ1) is 8.83. The minimum Gasteiger partial charge on any atom is -0.384 e. The van der Waals surface area contributed by atoms with E-state index in [4.69, 9.17) is 5.73 Å². The third-order valence-electron chi connectivity index (χ3n) is 3.34. The highest BCUT2D eigenvalue weighted by molar-refractivity contribution is 7.98. The van der Waals surface area contributed by atoms with Crippen molar-refractivity contribution in [1.82, 2.24) is 4.98 Å². The summed E-state index contributed by atoms with van der Waals surface area (Å²) >= 11 is 1.97. The minimum absolute atomic E-state index is 0.611. The summed E-state index contributed by atoms with van der Waals surface area (Å²) < 4.78 is 0. The number of nitrogen functional groups attached to an aromatic ring is 1. The van der Waals surface area contributed by atoms with Gasteiger partial charge in [-0.3, -0.25) is 0 Å². The SMILES string of the molecule is Nc1cccc(CSC2CCc3ccccc32)n1. The fraction of sp³-hybridized carbons (Fsp3) is 0.267. The summed E-state index contributed by atoms with van der Waals surface area (Å²) in [6.45, 7) is 0. The van der Waals surface area contributed by atoms with Gasteiger partial charge in [0.2, 0.25) is 0 Å². The van der Waals surface area contributed by atoms with Gasteiger partial charge in [-0.05, 0) is 36.1 Å². The van der Waals surface area contributed by atoms with Crippen molar-refractivity contribution in [2.45, 2.75) is 23.8 Å². The molecule has 1 aliphatic carbocycles. The number of pyridine rings is 1. The fourth-order valence-electron chi connectivity index (χ4n) is 2.46. The van der Waals surface area contributed by atoms with Crippen LogP contribution in [0, 0.1) is 0 Å². The Morgan fingerprint density at radius 2 is 2.06 bits per heavy atom. The minimum atomic E-state index is 0.611. The lowest BCUT2D eigenvalue weighted by Crippen LogP contribution is -1.95. The summed E-state index contributed by atoms with van der Waals surface area (Å²) in [4.78, 5) is 4.35. The Morgan fingerprint density at radius 1 is 1.17 bits per heavy atom. The highest BCUT2D eigenvalue weighted by Crippen LogP contribution is 2.42. The molecule has 1 heterocycles. The molecule has 0 aliphatic heterocycles. The molecule has 18 heavy (non-hydrogen) atoms. The molecular weight excluding hydrogens is 240 g/mol. The number of thioether (sulfide) groups is 1. The van der Waals surface area contributed by atoms with Crippen molar-refractivity contribution in [3.05, 3.63) is 59.3 Å². The third-order valence-corrected chi connectivity index (χ3v) is 4.69. The van der Waals surface area contributed by atoms with Crippen molar-refractivity contribution in [2.24, 2.45) is 0 Å². The number of anilines is 1. The largest absolute Gasteiger partial charge is 0.384 e. The molecule has 1 atom stereocenters. The first-order valence-electron chi connectivity index (χ1n) is 6.24. The molecule has 0 radical (unpaired) electrons. The van der Waals surface area contributed by atoms with Crippen LogP contribution in [0.5, 0.6) is 0 Å². The molecule has 3 rings (SSSR count). The second-order valence-corrected chi connectivity index (χ2v) is 5.78. The summed E-state index contributed by atoms with van der Waals surface area (Å²) in [5.41, 5.74) is 9.79. The average Bonchev–Trinajstić information content (AvgIpc) is 2.80. The van der Waals surface area contributed by atoms with Gasteiger partial charge in [-0.25, -0.2) is 4.98 Å². The number of aryl methyl sites for hydroxylation is 1. The molecule has 2 N–H and O–H groups in total. The number of nitrogens with two attached hydrogens (primary N) is 1. The summed E-state index contributed by atoms with van der Waals surface area (Å²) in [6.07, 6.45) is 2.45. The molecule has 0 saturated heterocycles. The van der Waals surface area contributed by atoms with Crippen LogP contribution in [0.1, 0.15) is 28.5 Å². The highest BCUT2D eigenvalue weighted by Gasteiger charge is 2.22. The standard InChI is InChI=1S/C15H16N2S/c16-15-7-3-5-12(17-15)10-18-14-9-8-11-4-1-2-6-13(11)14/h1-7,14H,8-10H2,(H2,16,17). The Bertz CT molecular complexity index is 554. The van der Waals surface area contributed by atoms with E-state index in [-0.39, 0.29) is 0 Å². The third kappa shape index (κ3) is 2.36. The van der Waals surface area contributed by atoms with Crippen LogP contribution in [0.4, 0.5) is 5.82 Å². The van der Waals surface area contributed by atoms with E-state index in [9.17, 15) is 0 Å². The van der Waals surface area contributed by atoms with E-state index in [1.165, 1.54) is 24.0 Å². The van der Waals surface area contributed by atoms with Crippen molar-refractivity contribution in [1.29, 1.82) is 0 Å². The quantitative estimate of drug-likeness (QED) is 0.912. The molecule has 1 aliphatic rings. The van der Waals surface area contributed by atoms with Crippen LogP contribution in [0.25, 0.3) is 0 Å². The lowest BCUT2D eigenvalue weighted by atomic mass is 10.1. The zero-order valence-corrected chi connectivity index (χ0v) is 11.0. The Labute approximate surface area is 112 Å². The maximum absolute atomic E-state index is 5.70. The van der Waals surface area contributed by atoms with Gasteiger partial charge in [-0.2, -0.15) is 0 Å². The topological polar surface area (TPSA) is 38.9 Å². The van der Waals surface area contributed by atoms with E-state index in [1.54, 1.807) is 0 Å². The van der Waals surface area contributed by atoms with Crippen molar-refractivity contribution < 1.29 is 0 Å². The predicted molar refractivity (Wildman–Crippen MR) is 77.4 cm³/mol. The molecule has 92 valence electrons. The molecule has 1 aromatic heterocycles. The van der Waals surface area contributed by atoms with Gasteiger partial charge in [0.05, 0.1) is 5.69 Å². The fourth-order valence-corrected chi connectivity index (χ4v) is 3.68. The van der Waals surface area contributed by atoms with Crippen LogP contribution in [-0.4, -0.2) is 4.98 Å². The van der Waals surface area contributed by atoms with Crippen LogP contribution in [0.2, 0.25) is 0 Å². The summed E-state index contributed by atoms with van der Waals surface area (Å²) in [5, 5.41) is 0.615. The first-order valence-corrected chi connectivity index (χ1v) is 7.28. The molecule has 0 spiro atoms. The van der Waals surface area contributed by atoms with E-state index in [0.29, 0.717) is 11.1 Å². The predicted octanol–water partition coefficient (Wildman–Crippen LogP) is 3.58. The molecule has 3 heteroatoms. The van der Waals surface area contributed by atoms with Crippen LogP contribution in [-0.2, 0) is 12.2 Å². The Kier molecular flexibility index (Phi) is 3.24. The molecule has 1 aromatic carbocycles. The molecule has 0 amide bonds. The second kappa shape index (κ2) is 5.02. The van der Waals surface area contributed by atoms with Gasteiger partial charge >= 0.3 is 0 Å². The number of hydrogen-bond donors (Lipinski definition) is 1. The van der Waals surface area contributed by atoms with E-state index in [0.717, 1.165) is 11.4 Å². The first kappa shape index (κ1) is 11.6. The molecule has 1 unspecified atom stereocenters. The maximum Gasteiger partial charge on any atom is 0.123 e. The summed E-state index contributed by atoms with van der Waals surface area (Å²) in [7, 11) is 0. The van der Waals surface area contributed by atoms with Crippen molar-refractivity contribution >= 4 is 17.6 Å². The number of aromatic nitrogens is 1. The van der Waals surface area contributed by atoms with E-state index >= 15 is 0 Å². The van der Waals surface area contributed by atoms with Crippen molar-refractivity contribution in [3.63, 3.8) is 0 Å². The van der Waals surface area contributed by atoms with E-state index in [2.05, 4.69) is 29.2 Å². The zero-order chi connectivity index (χ0) is 12.4. The van der Waals surface area contributed by atoms with E-state index < -0.39 is 0 Å². The molecule has 2 aromatic rings. The lowest BCUT2D eigenvalue weighted by molar-refractivity contribution is 0.889. The number of nitrogens with zero attached hydrogens (tertiary/aromatic N) is 1. The molecule has 0 saturated carbocycles. The van der Waals surface area contributed by atoms with E-state index in [1.807, 2.05) is 30.0 Å². The Balaban J connectivity index is 1.69. The van der Waals surface area contributed by atoms with Gasteiger partial charge in [0.1, 0.15) is 5.82 Å². The normalized spacial score (nSPS) is 17.7. The highest BCUT2D eigenvalue weighted by atomic mass is 32.2. The zero-order valence-electron chi connectivity index (χ0n) is 10.2. The summed E-state index contributed by atoms with van der Waals surface area (Å²) in [5.74, 6) is 1.55. The second-order valence-electron chi connectivity index (χ2n) is 4.59. The lowest BCUT2D eigenvalue weighted by Gasteiger charge is -2.11. The Morgan fingerprint density at radius 3 is 2.94 bits per heavy atom. The van der Waals surface area contributed by atoms with Gasteiger partial charge in [0, 0.05) is 11.0 Å². The number of hydrogen-bond acceptors (Lipinski definition) is 3. The van der Waals surface area contributed by atoms with Crippen LogP contribution in [0.15, 0.2) is 42.5 Å².